The van der Waals surface area contributed by atoms with Crippen molar-refractivity contribution in [3.8, 4) is 0 Å². The van der Waals surface area contributed by atoms with Crippen LogP contribution in [0.5, 0.6) is 0 Å². The molecule has 3 aromatic rings. The zero-order valence-corrected chi connectivity index (χ0v) is 11.7. The third-order valence-corrected chi connectivity index (χ3v) is 3.51. The van der Waals surface area contributed by atoms with E-state index in [9.17, 15) is 0 Å². The van der Waals surface area contributed by atoms with Gasteiger partial charge in [-0.3, -0.25) is 0 Å². The second-order valence-electron chi connectivity index (χ2n) is 3.93. The van der Waals surface area contributed by atoms with Crippen LogP contribution in [-0.4, -0.2) is 29.3 Å². The van der Waals surface area contributed by atoms with Crippen LogP contribution in [0.25, 0.3) is 11.0 Å². The van der Waals surface area contributed by atoms with E-state index in [-0.39, 0.29) is 0 Å². The van der Waals surface area contributed by atoms with E-state index >= 15 is 0 Å². The van der Waals surface area contributed by atoms with Gasteiger partial charge in [-0.15, -0.1) is 0 Å². The topological polar surface area (TPSA) is 61.4 Å². The number of nitrogens with zero attached hydrogens (tertiary/aromatic N) is 6. The molecule has 0 saturated heterocycles. The maximum atomic E-state index is 4.48. The van der Waals surface area contributed by atoms with E-state index in [1.165, 1.54) is 0 Å². The fourth-order valence-corrected chi connectivity index (χ4v) is 2.50. The summed E-state index contributed by atoms with van der Waals surface area (Å²) in [6.45, 7) is 1.78. The molecule has 0 radical (unpaired) electrons. The van der Waals surface area contributed by atoms with Gasteiger partial charge >= 0.3 is 0 Å². The lowest BCUT2D eigenvalue weighted by molar-refractivity contribution is 0.533. The molecule has 0 aliphatic heterocycles. The van der Waals surface area contributed by atoms with Gasteiger partial charge in [0.25, 0.3) is 0 Å². The molecule has 0 atom stereocenters. The SMILES string of the molecule is Ic1nn(CCCn2ccnc2)c2ncncc12. The summed E-state index contributed by atoms with van der Waals surface area (Å²) >= 11 is 2.21. The van der Waals surface area contributed by atoms with E-state index in [1.54, 1.807) is 12.5 Å². The summed E-state index contributed by atoms with van der Waals surface area (Å²) in [4.78, 5) is 12.3. The molecule has 0 spiro atoms. The number of halogens is 1. The molecule has 6 nitrogen and oxygen atoms in total. The Labute approximate surface area is 117 Å². The fourth-order valence-electron chi connectivity index (χ4n) is 1.86. The second kappa shape index (κ2) is 5.01. The summed E-state index contributed by atoms with van der Waals surface area (Å²) in [6, 6.07) is 0. The van der Waals surface area contributed by atoms with Crippen LogP contribution in [0.3, 0.4) is 0 Å². The largest absolute Gasteiger partial charge is 0.337 e. The fraction of sp³-hybridized carbons (Fsp3) is 0.273. The average Bonchev–Trinajstić information content (AvgIpc) is 3.00. The molecular formula is C11H11IN6. The van der Waals surface area contributed by atoms with Crippen LogP contribution in [0.15, 0.2) is 31.2 Å². The predicted octanol–water partition coefficient (Wildman–Crippen LogP) is 1.72. The van der Waals surface area contributed by atoms with Crippen molar-refractivity contribution >= 4 is 33.6 Å². The van der Waals surface area contributed by atoms with Crippen molar-refractivity contribution < 1.29 is 0 Å². The number of imidazole rings is 1. The smallest absolute Gasteiger partial charge is 0.162 e. The average molecular weight is 354 g/mol. The van der Waals surface area contributed by atoms with Gasteiger partial charge in [-0.2, -0.15) is 5.10 Å². The molecule has 0 aliphatic rings. The monoisotopic (exact) mass is 354 g/mol. The third kappa shape index (κ3) is 2.22. The van der Waals surface area contributed by atoms with Crippen LogP contribution in [0.4, 0.5) is 0 Å². The van der Waals surface area contributed by atoms with Crippen molar-refractivity contribution in [3.63, 3.8) is 0 Å². The Hall–Kier alpha value is -1.51. The summed E-state index contributed by atoms with van der Waals surface area (Å²) in [5.41, 5.74) is 0.903. The maximum Gasteiger partial charge on any atom is 0.162 e. The van der Waals surface area contributed by atoms with Crippen molar-refractivity contribution in [1.29, 1.82) is 0 Å². The second-order valence-corrected chi connectivity index (χ2v) is 4.95. The first kappa shape index (κ1) is 11.6. The van der Waals surface area contributed by atoms with Crippen LogP contribution in [-0.2, 0) is 13.1 Å². The Bertz CT molecular complexity index is 645. The minimum Gasteiger partial charge on any atom is -0.337 e. The zero-order chi connectivity index (χ0) is 12.4. The molecule has 0 aromatic carbocycles. The number of hydrogen-bond donors (Lipinski definition) is 0. The van der Waals surface area contributed by atoms with Crippen molar-refractivity contribution in [2.24, 2.45) is 0 Å². The zero-order valence-electron chi connectivity index (χ0n) is 9.57. The minimum atomic E-state index is 0.842. The number of rotatable bonds is 4. The van der Waals surface area contributed by atoms with Gasteiger partial charge in [-0.1, -0.05) is 0 Å². The first-order chi connectivity index (χ1) is 8.84. The van der Waals surface area contributed by atoms with E-state index in [0.717, 1.165) is 34.2 Å². The van der Waals surface area contributed by atoms with Crippen LogP contribution < -0.4 is 0 Å². The van der Waals surface area contributed by atoms with Gasteiger partial charge in [0.1, 0.15) is 10.0 Å². The molecule has 0 aliphatic carbocycles. The van der Waals surface area contributed by atoms with Crippen LogP contribution in [0, 0.1) is 3.70 Å². The number of aromatic nitrogens is 6. The molecule has 7 heteroatoms. The van der Waals surface area contributed by atoms with Gasteiger partial charge in [0.05, 0.1) is 11.7 Å². The summed E-state index contributed by atoms with van der Waals surface area (Å²) in [5.74, 6) is 0. The molecule has 18 heavy (non-hydrogen) atoms. The molecule has 0 unspecified atom stereocenters. The Balaban J connectivity index is 1.75. The summed E-state index contributed by atoms with van der Waals surface area (Å²) in [6.07, 6.45) is 9.95. The lowest BCUT2D eigenvalue weighted by Gasteiger charge is -2.03. The predicted molar refractivity (Wildman–Crippen MR) is 74.9 cm³/mol. The molecular weight excluding hydrogens is 343 g/mol. The lowest BCUT2D eigenvalue weighted by Crippen LogP contribution is -2.05. The highest BCUT2D eigenvalue weighted by molar-refractivity contribution is 14.1. The van der Waals surface area contributed by atoms with Gasteiger partial charge < -0.3 is 4.57 Å². The van der Waals surface area contributed by atoms with Crippen molar-refractivity contribution in [1.82, 2.24) is 29.3 Å². The van der Waals surface area contributed by atoms with Gasteiger partial charge in [0.2, 0.25) is 0 Å². The Kier molecular flexibility index (Phi) is 3.22. The lowest BCUT2D eigenvalue weighted by atomic mass is 10.4. The Morgan fingerprint density at radius 1 is 1.22 bits per heavy atom. The third-order valence-electron chi connectivity index (χ3n) is 2.71. The van der Waals surface area contributed by atoms with Gasteiger partial charge in [0.15, 0.2) is 5.65 Å². The van der Waals surface area contributed by atoms with Gasteiger partial charge in [-0.05, 0) is 29.0 Å². The molecule has 0 saturated carbocycles. The quantitative estimate of drug-likeness (QED) is 0.670. The van der Waals surface area contributed by atoms with Crippen LogP contribution in [0.1, 0.15) is 6.42 Å². The van der Waals surface area contributed by atoms with Crippen LogP contribution >= 0.6 is 22.6 Å². The molecule has 92 valence electrons. The van der Waals surface area contributed by atoms with Crippen LogP contribution in [0.2, 0.25) is 0 Å². The standard InChI is InChI=1S/C11H11IN6/c12-10-9-6-14-7-15-11(9)18(16-10)4-1-3-17-5-2-13-8-17/h2,5-8H,1,3-4H2. The highest BCUT2D eigenvalue weighted by atomic mass is 127. The number of fused-ring (bicyclic) bond motifs is 1. The van der Waals surface area contributed by atoms with E-state index in [2.05, 4.69) is 47.2 Å². The Morgan fingerprint density at radius 3 is 3.00 bits per heavy atom. The molecule has 0 N–H and O–H groups in total. The molecule has 0 amide bonds. The Morgan fingerprint density at radius 2 is 2.17 bits per heavy atom. The summed E-state index contributed by atoms with van der Waals surface area (Å²) < 4.78 is 4.95. The van der Waals surface area contributed by atoms with Crippen molar-refractivity contribution in [3.05, 3.63) is 34.9 Å². The molecule has 3 heterocycles. The van der Waals surface area contributed by atoms with Crippen molar-refractivity contribution in [2.75, 3.05) is 0 Å². The minimum absolute atomic E-state index is 0.842. The maximum absolute atomic E-state index is 4.48. The first-order valence-corrected chi connectivity index (χ1v) is 6.70. The number of hydrogen-bond acceptors (Lipinski definition) is 4. The molecule has 3 rings (SSSR count). The van der Waals surface area contributed by atoms with Crippen molar-refractivity contribution in [2.45, 2.75) is 19.5 Å². The van der Waals surface area contributed by atoms with E-state index in [1.807, 2.05) is 23.4 Å². The number of aryl methyl sites for hydroxylation is 2. The molecule has 3 aromatic heterocycles. The summed E-state index contributed by atoms with van der Waals surface area (Å²) in [7, 11) is 0. The van der Waals surface area contributed by atoms with Gasteiger partial charge in [-0.25, -0.2) is 19.6 Å². The highest BCUT2D eigenvalue weighted by Crippen LogP contribution is 2.16. The molecule has 0 fully saturated rings. The first-order valence-electron chi connectivity index (χ1n) is 5.62. The summed E-state index contributed by atoms with van der Waals surface area (Å²) in [5, 5.41) is 5.50. The van der Waals surface area contributed by atoms with E-state index in [4.69, 9.17) is 0 Å². The van der Waals surface area contributed by atoms with E-state index in [0.29, 0.717) is 0 Å². The van der Waals surface area contributed by atoms with E-state index < -0.39 is 0 Å². The van der Waals surface area contributed by atoms with Gasteiger partial charge in [0, 0.05) is 31.7 Å². The molecule has 0 bridgehead atoms. The highest BCUT2D eigenvalue weighted by Gasteiger charge is 2.08. The normalized spacial score (nSPS) is 11.2.